The van der Waals surface area contributed by atoms with Gasteiger partial charge in [0.05, 0.1) is 6.10 Å². The monoisotopic (exact) mass is 404 g/mol. The van der Waals surface area contributed by atoms with Crippen molar-refractivity contribution in [3.8, 4) is 0 Å². The summed E-state index contributed by atoms with van der Waals surface area (Å²) in [6.45, 7) is 2.00. The molecule has 2 saturated carbocycles. The maximum Gasteiger partial charge on any atom is 0.139 e. The van der Waals surface area contributed by atoms with Crippen LogP contribution in [0.4, 0.5) is 0 Å². The van der Waals surface area contributed by atoms with Crippen LogP contribution in [0.1, 0.15) is 68.8 Å². The fourth-order valence-electron chi connectivity index (χ4n) is 5.39. The van der Waals surface area contributed by atoms with Crippen molar-refractivity contribution in [1.82, 2.24) is 0 Å². The number of benzene rings is 2. The largest absolute Gasteiger partial charge is 0.385 e. The minimum Gasteiger partial charge on any atom is -0.385 e. The number of carbonyl (C=O) groups is 1. The van der Waals surface area contributed by atoms with Gasteiger partial charge in [-0.3, -0.25) is 4.79 Å². The zero-order valence-electron chi connectivity index (χ0n) is 17.7. The van der Waals surface area contributed by atoms with Crippen LogP contribution in [0.5, 0.6) is 0 Å². The Kier molecular flexibility index (Phi) is 6.50. The Morgan fingerprint density at radius 3 is 2.23 bits per heavy atom. The second kappa shape index (κ2) is 9.28. The van der Waals surface area contributed by atoms with Crippen LogP contribution in [-0.4, -0.2) is 17.0 Å². The van der Waals surface area contributed by atoms with Crippen molar-refractivity contribution in [2.45, 2.75) is 63.8 Å². The number of ether oxygens (including phenoxy) is 1. The molecule has 0 aliphatic heterocycles. The van der Waals surface area contributed by atoms with Gasteiger partial charge in [-0.15, -0.1) is 0 Å². The van der Waals surface area contributed by atoms with Crippen molar-refractivity contribution >= 4 is 5.78 Å². The number of carbonyl (C=O) groups excluding carboxylic acids is 1. The summed E-state index contributed by atoms with van der Waals surface area (Å²) in [6.07, 6.45) is 8.57. The molecule has 0 saturated heterocycles. The Morgan fingerprint density at radius 2 is 1.67 bits per heavy atom. The van der Waals surface area contributed by atoms with E-state index in [-0.39, 0.29) is 17.4 Å². The van der Waals surface area contributed by atoms with Gasteiger partial charge in [0.15, 0.2) is 0 Å². The highest BCUT2D eigenvalue weighted by Crippen LogP contribution is 2.55. The Balaban J connectivity index is 1.66. The summed E-state index contributed by atoms with van der Waals surface area (Å²) in [5, 5.41) is 11.3. The van der Waals surface area contributed by atoms with Gasteiger partial charge in [-0.1, -0.05) is 85.7 Å². The number of aliphatic hydroxyl groups excluding tert-OH is 1. The normalized spacial score (nSPS) is 27.0. The van der Waals surface area contributed by atoms with E-state index in [4.69, 9.17) is 4.74 Å². The molecular formula is C27H32O3. The fourth-order valence-corrected chi connectivity index (χ4v) is 5.39. The van der Waals surface area contributed by atoms with Crippen LogP contribution in [0.3, 0.4) is 0 Å². The molecule has 0 radical (unpaired) electrons. The van der Waals surface area contributed by atoms with E-state index in [0.29, 0.717) is 12.2 Å². The minimum atomic E-state index is -0.780. The van der Waals surface area contributed by atoms with E-state index in [1.54, 1.807) is 0 Å². The molecule has 0 amide bonds. The molecule has 2 aromatic carbocycles. The Bertz CT molecular complexity index is 860. The lowest BCUT2D eigenvalue weighted by Gasteiger charge is -2.51. The molecular weight excluding hydrogens is 372 g/mol. The van der Waals surface area contributed by atoms with Gasteiger partial charge < -0.3 is 9.84 Å². The molecule has 5 atom stereocenters. The molecule has 1 unspecified atom stereocenters. The maximum atomic E-state index is 12.7. The van der Waals surface area contributed by atoms with Gasteiger partial charge in [-0.25, -0.2) is 0 Å². The van der Waals surface area contributed by atoms with Crippen molar-refractivity contribution in [1.29, 1.82) is 0 Å². The third kappa shape index (κ3) is 4.01. The lowest BCUT2D eigenvalue weighted by molar-refractivity contribution is -0.160. The SMILES string of the molecule is C/C=C/[C@@H](OC(c1ccccc1)[C@H](O)c1ccccc1)[C@H]1CCCC[C@@]12CCC2=O. The van der Waals surface area contributed by atoms with Gasteiger partial charge in [0, 0.05) is 17.8 Å². The van der Waals surface area contributed by atoms with Gasteiger partial charge in [0.1, 0.15) is 18.0 Å². The number of rotatable bonds is 7. The van der Waals surface area contributed by atoms with Crippen molar-refractivity contribution in [3.63, 3.8) is 0 Å². The molecule has 0 heterocycles. The van der Waals surface area contributed by atoms with Crippen molar-refractivity contribution in [2.24, 2.45) is 11.3 Å². The lowest BCUT2D eigenvalue weighted by atomic mass is 9.53. The molecule has 1 N–H and O–H groups in total. The molecule has 3 nitrogen and oxygen atoms in total. The highest BCUT2D eigenvalue weighted by Gasteiger charge is 2.54. The first-order valence-corrected chi connectivity index (χ1v) is 11.3. The predicted molar refractivity (Wildman–Crippen MR) is 119 cm³/mol. The van der Waals surface area contributed by atoms with Gasteiger partial charge in [-0.2, -0.15) is 0 Å². The van der Waals surface area contributed by atoms with E-state index in [0.717, 1.165) is 43.2 Å². The Morgan fingerprint density at radius 1 is 1.00 bits per heavy atom. The highest BCUT2D eigenvalue weighted by atomic mass is 16.5. The molecule has 3 heteroatoms. The standard InChI is InChI=1S/C27H32O3/c1-2-11-23(22-16-9-10-18-27(22)19-17-24(27)28)30-26(21-14-7-4-8-15-21)25(29)20-12-5-3-6-13-20/h2-8,11-15,22-23,25-26,29H,9-10,16-19H2,1H3/b11-2+/t22-,23-,25-,26?,27-/m1/s1. The molecule has 0 aromatic heterocycles. The quantitative estimate of drug-likeness (QED) is 0.579. The maximum absolute atomic E-state index is 12.7. The molecule has 0 bridgehead atoms. The van der Waals surface area contributed by atoms with E-state index in [1.807, 2.05) is 73.7 Å². The van der Waals surface area contributed by atoms with Gasteiger partial charge in [-0.05, 0) is 37.3 Å². The van der Waals surface area contributed by atoms with Crippen LogP contribution in [0.25, 0.3) is 0 Å². The van der Waals surface area contributed by atoms with E-state index >= 15 is 0 Å². The average Bonchev–Trinajstić information content (AvgIpc) is 2.81. The summed E-state index contributed by atoms with van der Waals surface area (Å²) < 4.78 is 6.72. The smallest absolute Gasteiger partial charge is 0.139 e. The summed E-state index contributed by atoms with van der Waals surface area (Å²) in [4.78, 5) is 12.7. The summed E-state index contributed by atoms with van der Waals surface area (Å²) >= 11 is 0. The first kappa shape index (κ1) is 21.0. The minimum absolute atomic E-state index is 0.179. The summed E-state index contributed by atoms with van der Waals surface area (Å²) in [7, 11) is 0. The number of hydrogen-bond donors (Lipinski definition) is 1. The zero-order valence-corrected chi connectivity index (χ0v) is 17.7. The number of Topliss-reactive ketones (excluding diaryl/α,β-unsaturated/α-hetero) is 1. The van der Waals surface area contributed by atoms with Crippen molar-refractivity contribution < 1.29 is 14.6 Å². The van der Waals surface area contributed by atoms with Crippen LogP contribution in [0.2, 0.25) is 0 Å². The summed E-state index contributed by atoms with van der Waals surface area (Å²) in [6, 6.07) is 19.6. The van der Waals surface area contributed by atoms with Gasteiger partial charge >= 0.3 is 0 Å². The van der Waals surface area contributed by atoms with Gasteiger partial charge in [0.2, 0.25) is 0 Å². The van der Waals surface area contributed by atoms with Gasteiger partial charge in [0.25, 0.3) is 0 Å². The first-order chi connectivity index (χ1) is 14.7. The van der Waals surface area contributed by atoms with E-state index in [2.05, 4.69) is 6.08 Å². The topological polar surface area (TPSA) is 46.5 Å². The third-order valence-electron chi connectivity index (χ3n) is 7.09. The van der Waals surface area contributed by atoms with Crippen LogP contribution in [-0.2, 0) is 9.53 Å². The summed E-state index contributed by atoms with van der Waals surface area (Å²) in [5.74, 6) is 0.586. The average molecular weight is 405 g/mol. The van der Waals surface area contributed by atoms with E-state index < -0.39 is 12.2 Å². The molecule has 2 aliphatic carbocycles. The number of aliphatic hydroxyl groups is 1. The molecule has 30 heavy (non-hydrogen) atoms. The lowest BCUT2D eigenvalue weighted by Crippen LogP contribution is -2.52. The predicted octanol–water partition coefficient (Wildman–Crippen LogP) is 5.96. The second-order valence-electron chi connectivity index (χ2n) is 8.74. The number of allylic oxidation sites excluding steroid dienone is 1. The second-order valence-corrected chi connectivity index (χ2v) is 8.74. The highest BCUT2D eigenvalue weighted by molar-refractivity contribution is 5.91. The van der Waals surface area contributed by atoms with Crippen LogP contribution in [0, 0.1) is 11.3 Å². The number of hydrogen-bond acceptors (Lipinski definition) is 3. The number of ketones is 1. The summed E-state index contributed by atoms with van der Waals surface area (Å²) in [5.41, 5.74) is 1.57. The molecule has 2 fully saturated rings. The third-order valence-corrected chi connectivity index (χ3v) is 7.09. The first-order valence-electron chi connectivity index (χ1n) is 11.3. The Labute approximate surface area is 179 Å². The van der Waals surface area contributed by atoms with E-state index in [1.165, 1.54) is 0 Å². The zero-order chi connectivity index (χ0) is 21.0. The van der Waals surface area contributed by atoms with Crippen LogP contribution in [0.15, 0.2) is 72.8 Å². The molecule has 2 aromatic rings. The Hall–Kier alpha value is -2.23. The molecule has 1 spiro atoms. The van der Waals surface area contributed by atoms with Crippen LogP contribution < -0.4 is 0 Å². The van der Waals surface area contributed by atoms with E-state index in [9.17, 15) is 9.90 Å². The molecule has 158 valence electrons. The fraction of sp³-hybridized carbons (Fsp3) is 0.444. The van der Waals surface area contributed by atoms with Crippen molar-refractivity contribution in [2.75, 3.05) is 0 Å². The molecule has 4 rings (SSSR count). The molecule has 2 aliphatic rings. The van der Waals surface area contributed by atoms with Crippen molar-refractivity contribution in [3.05, 3.63) is 83.9 Å². The van der Waals surface area contributed by atoms with Crippen LogP contribution >= 0.6 is 0 Å².